The zero-order valence-electron chi connectivity index (χ0n) is 16.3. The van der Waals surface area contributed by atoms with Gasteiger partial charge in [0, 0.05) is 0 Å². The largest absolute Gasteiger partial charge is 0.406 e. The lowest BCUT2D eigenvalue weighted by Crippen LogP contribution is -2.51. The van der Waals surface area contributed by atoms with Gasteiger partial charge in [-0.3, -0.25) is 0 Å². The van der Waals surface area contributed by atoms with Crippen LogP contribution in [0.5, 0.6) is 0 Å². The summed E-state index contributed by atoms with van der Waals surface area (Å²) in [5.41, 5.74) is -5.01. The summed E-state index contributed by atoms with van der Waals surface area (Å²) in [5, 5.41) is 0. The van der Waals surface area contributed by atoms with Crippen LogP contribution < -0.4 is 0 Å². The van der Waals surface area contributed by atoms with Gasteiger partial charge in [-0.15, -0.1) is 0 Å². The highest BCUT2D eigenvalue weighted by Crippen LogP contribution is 2.53. The lowest BCUT2D eigenvalue weighted by atomic mass is 9.80. The summed E-state index contributed by atoms with van der Waals surface area (Å²) in [6.45, 7) is 0.0581. The summed E-state index contributed by atoms with van der Waals surface area (Å²) < 4.78 is 119. The van der Waals surface area contributed by atoms with Gasteiger partial charge < -0.3 is 0 Å². The van der Waals surface area contributed by atoms with E-state index in [1.807, 2.05) is 0 Å². The Kier molecular flexibility index (Phi) is 5.70. The molecule has 2 aromatic rings. The average Bonchev–Trinajstić information content (AvgIpc) is 3.18. The molecule has 0 bridgehead atoms. The number of halogens is 7. The third-order valence-corrected chi connectivity index (χ3v) is 8.74. The summed E-state index contributed by atoms with van der Waals surface area (Å²) in [4.78, 5) is -0.157. The van der Waals surface area contributed by atoms with Crippen LogP contribution in [0.2, 0.25) is 0 Å². The molecule has 1 aliphatic carbocycles. The highest BCUT2D eigenvalue weighted by atomic mass is 32.2. The van der Waals surface area contributed by atoms with E-state index in [-0.39, 0.29) is 30.2 Å². The van der Waals surface area contributed by atoms with Crippen LogP contribution in [0.1, 0.15) is 43.7 Å². The van der Waals surface area contributed by atoms with Gasteiger partial charge in [-0.2, -0.15) is 26.3 Å². The molecular formula is C21H19F7O2S. The lowest BCUT2D eigenvalue weighted by Gasteiger charge is -2.35. The van der Waals surface area contributed by atoms with Gasteiger partial charge in [0.15, 0.2) is 15.3 Å². The smallest absolute Gasteiger partial charge is 0.223 e. The minimum atomic E-state index is -5.60. The molecule has 1 aliphatic rings. The number of rotatable bonds is 4. The molecule has 10 heteroatoms. The molecular weight excluding hydrogens is 449 g/mol. The Bertz CT molecular complexity index is 1020. The molecule has 0 heterocycles. The zero-order chi connectivity index (χ0) is 23.3. The minimum absolute atomic E-state index is 0.0581. The maximum Gasteiger partial charge on any atom is 0.406 e. The molecule has 0 spiro atoms. The molecule has 2 aromatic carbocycles. The molecule has 170 valence electrons. The van der Waals surface area contributed by atoms with Crippen LogP contribution in [0.15, 0.2) is 53.4 Å². The Hall–Kier alpha value is -2.10. The summed E-state index contributed by atoms with van der Waals surface area (Å²) in [6, 6.07) is 7.60. The van der Waals surface area contributed by atoms with E-state index in [9.17, 15) is 39.2 Å². The molecule has 0 unspecified atom stereocenters. The molecule has 0 aliphatic heterocycles. The third-order valence-electron chi connectivity index (χ3n) is 6.17. The molecule has 3 rings (SSSR count). The van der Waals surface area contributed by atoms with Crippen molar-refractivity contribution < 1.29 is 39.2 Å². The van der Waals surface area contributed by atoms with E-state index in [2.05, 4.69) is 0 Å². The van der Waals surface area contributed by atoms with Crippen molar-refractivity contribution in [2.45, 2.75) is 60.0 Å². The van der Waals surface area contributed by atoms with Crippen molar-refractivity contribution in [3.63, 3.8) is 0 Å². The zero-order valence-corrected chi connectivity index (χ0v) is 17.1. The van der Waals surface area contributed by atoms with Crippen LogP contribution in [0.25, 0.3) is 0 Å². The Balaban J connectivity index is 2.12. The van der Waals surface area contributed by atoms with Crippen molar-refractivity contribution in [2.75, 3.05) is 0 Å². The van der Waals surface area contributed by atoms with Gasteiger partial charge in [0.25, 0.3) is 0 Å². The van der Waals surface area contributed by atoms with E-state index in [4.69, 9.17) is 0 Å². The van der Waals surface area contributed by atoms with Crippen molar-refractivity contribution >= 4 is 9.84 Å². The van der Waals surface area contributed by atoms with Crippen LogP contribution >= 0.6 is 0 Å². The van der Waals surface area contributed by atoms with Crippen molar-refractivity contribution in [1.29, 1.82) is 0 Å². The second kappa shape index (κ2) is 7.50. The van der Waals surface area contributed by atoms with Gasteiger partial charge in [-0.1, -0.05) is 37.1 Å². The van der Waals surface area contributed by atoms with E-state index >= 15 is 0 Å². The maximum absolute atomic E-state index is 13.4. The average molecular weight is 468 g/mol. The minimum Gasteiger partial charge on any atom is -0.223 e. The quantitative estimate of drug-likeness (QED) is 0.382. The standard InChI is InChI=1S/C21H19F7O2S/c1-18(20(23,24)25,21(26,27)28)14-4-6-15(7-5-14)19(12-2-3-13-19)31(29,30)17-10-8-16(22)9-11-17/h4-11H,2-3,12-13H2,1H3. The molecule has 31 heavy (non-hydrogen) atoms. The summed E-state index contributed by atoms with van der Waals surface area (Å²) in [5.74, 6) is -0.637. The van der Waals surface area contributed by atoms with Crippen LogP contribution in [0, 0.1) is 5.82 Å². The molecule has 1 fully saturated rings. The number of benzene rings is 2. The Labute approximate surface area is 175 Å². The lowest BCUT2D eigenvalue weighted by molar-refractivity contribution is -0.297. The fourth-order valence-electron chi connectivity index (χ4n) is 4.09. The van der Waals surface area contributed by atoms with Crippen molar-refractivity contribution in [1.82, 2.24) is 0 Å². The predicted octanol–water partition coefficient (Wildman–Crippen LogP) is 6.45. The molecule has 2 nitrogen and oxygen atoms in total. The fraction of sp³-hybridized carbons (Fsp3) is 0.429. The van der Waals surface area contributed by atoms with E-state index < -0.39 is 43.7 Å². The Morgan fingerprint density at radius 2 is 1.23 bits per heavy atom. The van der Waals surface area contributed by atoms with Gasteiger partial charge in [-0.25, -0.2) is 12.8 Å². The topological polar surface area (TPSA) is 34.1 Å². The molecule has 0 amide bonds. The summed E-state index contributed by atoms with van der Waals surface area (Å²) in [7, 11) is -4.09. The number of hydrogen-bond donors (Lipinski definition) is 0. The monoisotopic (exact) mass is 468 g/mol. The van der Waals surface area contributed by atoms with Crippen LogP contribution in [0.3, 0.4) is 0 Å². The maximum atomic E-state index is 13.4. The number of alkyl halides is 6. The predicted molar refractivity (Wildman–Crippen MR) is 99.6 cm³/mol. The summed E-state index contributed by atoms with van der Waals surface area (Å²) >= 11 is 0. The van der Waals surface area contributed by atoms with Gasteiger partial charge in [-0.05, 0) is 55.2 Å². The first-order valence-corrected chi connectivity index (χ1v) is 10.9. The van der Waals surface area contributed by atoms with Crippen LogP contribution in [0.4, 0.5) is 30.7 Å². The van der Waals surface area contributed by atoms with Gasteiger partial charge in [0.05, 0.1) is 4.90 Å². The van der Waals surface area contributed by atoms with Crippen molar-refractivity contribution in [3.8, 4) is 0 Å². The van der Waals surface area contributed by atoms with Crippen molar-refractivity contribution in [2.24, 2.45) is 0 Å². The third kappa shape index (κ3) is 3.62. The highest BCUT2D eigenvalue weighted by Gasteiger charge is 2.68. The van der Waals surface area contributed by atoms with E-state index in [1.54, 1.807) is 0 Å². The second-order valence-corrected chi connectivity index (χ2v) is 10.1. The van der Waals surface area contributed by atoms with Crippen LogP contribution in [-0.2, 0) is 20.0 Å². The first-order valence-electron chi connectivity index (χ1n) is 9.41. The molecule has 0 atom stereocenters. The van der Waals surface area contributed by atoms with E-state index in [0.717, 1.165) is 36.4 Å². The highest BCUT2D eigenvalue weighted by molar-refractivity contribution is 7.92. The van der Waals surface area contributed by atoms with Gasteiger partial charge in [0.1, 0.15) is 10.6 Å². The van der Waals surface area contributed by atoms with E-state index in [0.29, 0.717) is 25.0 Å². The molecule has 0 saturated heterocycles. The van der Waals surface area contributed by atoms with Crippen LogP contribution in [-0.4, -0.2) is 20.8 Å². The Morgan fingerprint density at radius 3 is 1.65 bits per heavy atom. The number of sulfone groups is 1. The number of hydrogen-bond acceptors (Lipinski definition) is 2. The van der Waals surface area contributed by atoms with Gasteiger partial charge >= 0.3 is 12.4 Å². The van der Waals surface area contributed by atoms with Crippen molar-refractivity contribution in [3.05, 3.63) is 65.5 Å². The molecule has 0 N–H and O–H groups in total. The first kappa shape index (κ1) is 23.6. The summed E-state index contributed by atoms with van der Waals surface area (Å²) in [6.07, 6.45) is -9.85. The normalized spacial score (nSPS) is 17.7. The Morgan fingerprint density at radius 1 is 0.774 bits per heavy atom. The van der Waals surface area contributed by atoms with E-state index in [1.165, 1.54) is 0 Å². The fourth-order valence-corrected chi connectivity index (χ4v) is 6.31. The second-order valence-electron chi connectivity index (χ2n) is 7.86. The first-order chi connectivity index (χ1) is 14.2. The molecule has 0 radical (unpaired) electrons. The SMILES string of the molecule is CC(c1ccc(C2(S(=O)(=O)c3ccc(F)cc3)CCCC2)cc1)(C(F)(F)F)C(F)(F)F. The molecule has 1 saturated carbocycles. The van der Waals surface area contributed by atoms with Gasteiger partial charge in [0.2, 0.25) is 0 Å². The molecule has 0 aromatic heterocycles.